The molecule has 1 N–H and O–H groups in total. The number of nitrogens with one attached hydrogen (secondary N) is 1. The van der Waals surface area contributed by atoms with E-state index in [2.05, 4.69) is 25.5 Å². The van der Waals surface area contributed by atoms with E-state index in [1.165, 1.54) is 0 Å². The Hall–Kier alpha value is -1.87. The molecule has 1 aliphatic heterocycles. The average Bonchev–Trinajstić information content (AvgIpc) is 2.99. The number of ether oxygens (including phenoxy) is 1. The molecule has 9 heteroatoms. The maximum absolute atomic E-state index is 12.9. The number of hydrogen-bond acceptors (Lipinski definition) is 6. The molecule has 0 unspecified atom stereocenters. The van der Waals surface area contributed by atoms with Gasteiger partial charge in [0.2, 0.25) is 5.82 Å². The van der Waals surface area contributed by atoms with E-state index in [9.17, 15) is 8.78 Å². The quantitative estimate of drug-likeness (QED) is 0.823. The number of hydrogen-bond donors (Lipinski definition) is 1. The van der Waals surface area contributed by atoms with Gasteiger partial charge in [-0.05, 0) is 38.8 Å². The summed E-state index contributed by atoms with van der Waals surface area (Å²) >= 11 is 0. The van der Waals surface area contributed by atoms with Crippen molar-refractivity contribution in [3.8, 4) is 0 Å². The maximum Gasteiger partial charge on any atom is 0.299 e. The van der Waals surface area contributed by atoms with Gasteiger partial charge in [0.15, 0.2) is 5.65 Å². The smallest absolute Gasteiger partial charge is 0.299 e. The lowest BCUT2D eigenvalue weighted by molar-refractivity contribution is 0.0543. The highest BCUT2D eigenvalue weighted by Crippen LogP contribution is 2.19. The Morgan fingerprint density at radius 2 is 2.00 bits per heavy atom. The summed E-state index contributed by atoms with van der Waals surface area (Å²) in [5.41, 5.74) is 0.320. The number of rotatable bonds is 7. The minimum Gasteiger partial charge on any atom is -0.377 e. The van der Waals surface area contributed by atoms with Crippen molar-refractivity contribution in [2.24, 2.45) is 0 Å². The largest absolute Gasteiger partial charge is 0.377 e. The molecule has 2 aromatic rings. The van der Waals surface area contributed by atoms with E-state index in [1.54, 1.807) is 12.1 Å². The van der Waals surface area contributed by atoms with Crippen molar-refractivity contribution in [1.82, 2.24) is 24.7 Å². The van der Waals surface area contributed by atoms with Crippen LogP contribution in [0.15, 0.2) is 12.1 Å². The summed E-state index contributed by atoms with van der Waals surface area (Å²) in [5, 5.41) is 14.7. The van der Waals surface area contributed by atoms with Gasteiger partial charge in [-0.3, -0.25) is 0 Å². The maximum atomic E-state index is 12.9. The summed E-state index contributed by atoms with van der Waals surface area (Å²) in [6, 6.07) is 3.67. The fraction of sp³-hybridized carbons (Fsp3) is 0.688. The lowest BCUT2D eigenvalue weighted by Crippen LogP contribution is -2.40. The van der Waals surface area contributed by atoms with Crippen molar-refractivity contribution < 1.29 is 13.5 Å². The van der Waals surface area contributed by atoms with E-state index in [0.29, 0.717) is 11.5 Å². The standard InChI is InChI=1S/C16H24F2N6O/c1-11(2)25-10-9-23-7-5-12(6-8-23)19-13-3-4-14-20-21-16(15(17)18)24(14)22-13/h3-4,11-12,15H,5-10H2,1-2H3,(H,19,22). The van der Waals surface area contributed by atoms with Crippen molar-refractivity contribution in [2.75, 3.05) is 31.6 Å². The lowest BCUT2D eigenvalue weighted by Gasteiger charge is -2.32. The fourth-order valence-electron chi connectivity index (χ4n) is 2.95. The molecule has 7 nitrogen and oxygen atoms in total. The third-order valence-corrected chi connectivity index (χ3v) is 4.28. The number of piperidine rings is 1. The van der Waals surface area contributed by atoms with Crippen molar-refractivity contribution in [3.63, 3.8) is 0 Å². The monoisotopic (exact) mass is 354 g/mol. The van der Waals surface area contributed by atoms with Gasteiger partial charge in [0.25, 0.3) is 6.43 Å². The van der Waals surface area contributed by atoms with Crippen LogP contribution in [0.1, 0.15) is 38.9 Å². The van der Waals surface area contributed by atoms with Crippen LogP contribution in [0.25, 0.3) is 5.65 Å². The van der Waals surface area contributed by atoms with Gasteiger partial charge in [-0.25, -0.2) is 8.78 Å². The summed E-state index contributed by atoms with van der Waals surface area (Å²) in [5.74, 6) is 0.134. The first-order chi connectivity index (χ1) is 12.0. The van der Waals surface area contributed by atoms with Gasteiger partial charge in [-0.2, -0.15) is 4.52 Å². The zero-order valence-electron chi connectivity index (χ0n) is 14.5. The molecule has 0 radical (unpaired) electrons. The Labute approximate surface area is 145 Å². The second-order valence-corrected chi connectivity index (χ2v) is 6.53. The first-order valence-corrected chi connectivity index (χ1v) is 8.64. The number of anilines is 1. The number of fused-ring (bicyclic) bond motifs is 1. The molecule has 0 amide bonds. The van der Waals surface area contributed by atoms with Gasteiger partial charge in [-0.1, -0.05) is 0 Å². The molecule has 1 saturated heterocycles. The van der Waals surface area contributed by atoms with Gasteiger partial charge in [0.1, 0.15) is 5.82 Å². The summed E-state index contributed by atoms with van der Waals surface area (Å²) < 4.78 is 32.5. The molecule has 0 atom stereocenters. The van der Waals surface area contributed by atoms with Crippen LogP contribution in [0.5, 0.6) is 0 Å². The fourth-order valence-corrected chi connectivity index (χ4v) is 2.95. The molecule has 0 aliphatic carbocycles. The Balaban J connectivity index is 1.53. The van der Waals surface area contributed by atoms with Crippen LogP contribution in [0, 0.1) is 0 Å². The highest BCUT2D eigenvalue weighted by Gasteiger charge is 2.21. The number of halogens is 2. The van der Waals surface area contributed by atoms with E-state index >= 15 is 0 Å². The van der Waals surface area contributed by atoms with Crippen LogP contribution in [0.3, 0.4) is 0 Å². The second kappa shape index (κ2) is 8.01. The van der Waals surface area contributed by atoms with E-state index in [0.717, 1.165) is 43.6 Å². The number of aromatic nitrogens is 4. The van der Waals surface area contributed by atoms with Crippen LogP contribution >= 0.6 is 0 Å². The van der Waals surface area contributed by atoms with Gasteiger partial charge in [-0.15, -0.1) is 15.3 Å². The molecule has 0 aromatic carbocycles. The van der Waals surface area contributed by atoms with Crippen LogP contribution in [0.4, 0.5) is 14.6 Å². The molecule has 0 bridgehead atoms. The highest BCUT2D eigenvalue weighted by molar-refractivity contribution is 5.44. The average molecular weight is 354 g/mol. The number of nitrogens with zero attached hydrogens (tertiary/aromatic N) is 5. The van der Waals surface area contributed by atoms with Gasteiger partial charge < -0.3 is 15.0 Å². The molecule has 25 heavy (non-hydrogen) atoms. The summed E-state index contributed by atoms with van der Waals surface area (Å²) in [4.78, 5) is 2.38. The van der Waals surface area contributed by atoms with Crippen LogP contribution < -0.4 is 5.32 Å². The first-order valence-electron chi connectivity index (χ1n) is 8.64. The molecule has 1 fully saturated rings. The molecule has 0 spiro atoms. The molecule has 1 aliphatic rings. The predicted molar refractivity (Wildman–Crippen MR) is 89.9 cm³/mol. The zero-order chi connectivity index (χ0) is 17.8. The summed E-state index contributed by atoms with van der Waals surface area (Å²) in [6.07, 6.45) is -0.485. The minimum atomic E-state index is -2.70. The first kappa shape index (κ1) is 17.9. The molecule has 3 heterocycles. The third-order valence-electron chi connectivity index (χ3n) is 4.28. The minimum absolute atomic E-state index is 0.260. The summed E-state index contributed by atoms with van der Waals surface area (Å²) in [6.45, 7) is 7.72. The number of likely N-dealkylation sites (tertiary alicyclic amines) is 1. The van der Waals surface area contributed by atoms with Crippen LogP contribution in [0.2, 0.25) is 0 Å². The SMILES string of the molecule is CC(C)OCCN1CCC(Nc2ccc3nnc(C(F)F)n3n2)CC1. The van der Waals surface area contributed by atoms with Crippen LogP contribution in [-0.4, -0.2) is 63.1 Å². The van der Waals surface area contributed by atoms with E-state index in [1.807, 2.05) is 13.8 Å². The normalized spacial score (nSPS) is 17.0. The Bertz CT molecular complexity index is 684. The Morgan fingerprint density at radius 3 is 2.68 bits per heavy atom. The predicted octanol–water partition coefficient (Wildman–Crippen LogP) is 2.36. The van der Waals surface area contributed by atoms with E-state index in [-0.39, 0.29) is 12.1 Å². The van der Waals surface area contributed by atoms with Crippen molar-refractivity contribution in [3.05, 3.63) is 18.0 Å². The van der Waals surface area contributed by atoms with Gasteiger partial charge >= 0.3 is 0 Å². The Kier molecular flexibility index (Phi) is 5.74. The molecule has 138 valence electrons. The molecule has 2 aromatic heterocycles. The highest BCUT2D eigenvalue weighted by atomic mass is 19.3. The van der Waals surface area contributed by atoms with Gasteiger partial charge in [0, 0.05) is 25.7 Å². The second-order valence-electron chi connectivity index (χ2n) is 6.53. The van der Waals surface area contributed by atoms with Crippen LogP contribution in [-0.2, 0) is 4.74 Å². The zero-order valence-corrected chi connectivity index (χ0v) is 14.5. The molecular weight excluding hydrogens is 330 g/mol. The van der Waals surface area contributed by atoms with Crippen molar-refractivity contribution >= 4 is 11.5 Å². The number of alkyl halides is 2. The molecule has 0 saturated carbocycles. The van der Waals surface area contributed by atoms with Crippen molar-refractivity contribution in [2.45, 2.75) is 45.3 Å². The Morgan fingerprint density at radius 1 is 1.24 bits per heavy atom. The third kappa shape index (κ3) is 4.60. The van der Waals surface area contributed by atoms with E-state index < -0.39 is 12.2 Å². The topological polar surface area (TPSA) is 67.6 Å². The van der Waals surface area contributed by atoms with Gasteiger partial charge in [0.05, 0.1) is 12.7 Å². The molecular formula is C16H24F2N6O. The van der Waals surface area contributed by atoms with E-state index in [4.69, 9.17) is 4.74 Å². The molecule has 3 rings (SSSR count). The van der Waals surface area contributed by atoms with Crippen molar-refractivity contribution in [1.29, 1.82) is 0 Å². The lowest BCUT2D eigenvalue weighted by atomic mass is 10.1. The summed E-state index contributed by atoms with van der Waals surface area (Å²) in [7, 11) is 0.